The predicted molar refractivity (Wildman–Crippen MR) is 36.0 cm³/mol. The number of halogens is 1. The van der Waals surface area contributed by atoms with E-state index < -0.39 is 37.1 Å². The minimum atomic E-state index is -3.43. The van der Waals surface area contributed by atoms with E-state index in [0.717, 1.165) is 0 Å². The second kappa shape index (κ2) is 3.45. The highest BCUT2D eigenvalue weighted by Gasteiger charge is 2.55. The topological polar surface area (TPSA) is 110 Å². The molecule has 78 valence electrons. The summed E-state index contributed by atoms with van der Waals surface area (Å²) in [6, 6.07) is 0. The molecule has 0 radical (unpaired) electrons. The highest BCUT2D eigenvalue weighted by Crippen LogP contribution is 2.29. The molecule has 0 saturated carbocycles. The summed E-state index contributed by atoms with van der Waals surface area (Å²) in [7, 11) is 0. The van der Waals surface area contributed by atoms with Gasteiger partial charge in [-0.15, -0.1) is 0 Å². The van der Waals surface area contributed by atoms with Crippen molar-refractivity contribution in [2.24, 2.45) is 0 Å². The van der Waals surface area contributed by atoms with E-state index in [-0.39, 0.29) is 0 Å². The monoisotopic (exact) mass is 198 g/mol. The van der Waals surface area contributed by atoms with Crippen LogP contribution in [-0.2, 0) is 4.74 Å². The zero-order valence-corrected chi connectivity index (χ0v) is 6.54. The molecule has 0 aromatic carbocycles. The van der Waals surface area contributed by atoms with E-state index in [1.165, 1.54) is 0 Å². The molecule has 0 aromatic rings. The van der Waals surface area contributed by atoms with Gasteiger partial charge in [0.15, 0.2) is 0 Å². The molecule has 0 amide bonds. The summed E-state index contributed by atoms with van der Waals surface area (Å²) in [6.07, 6.45) is -7.61. The molecule has 7 heteroatoms. The van der Waals surface area contributed by atoms with Gasteiger partial charge in [-0.1, -0.05) is 0 Å². The van der Waals surface area contributed by atoms with E-state index >= 15 is 0 Å². The number of alkyl halides is 1. The zero-order chi connectivity index (χ0) is 10.2. The van der Waals surface area contributed by atoms with Crippen LogP contribution in [0.5, 0.6) is 0 Å². The molecule has 0 spiro atoms. The summed E-state index contributed by atoms with van der Waals surface area (Å²) in [6.45, 7) is -0.703. The van der Waals surface area contributed by atoms with Crippen LogP contribution in [0.1, 0.15) is 0 Å². The number of hydrogen-bond donors (Lipinski definition) is 5. The standard InChI is InChI=1S/C6H11FO6/c7-6(12)4(10)3(9)2(1-8)13-5(6)11/h2-5,8-12H,1H2/t2-,3-,4+,5?,6+/m1/s1. The first kappa shape index (κ1) is 10.8. The molecule has 0 aliphatic carbocycles. The third-order valence-corrected chi connectivity index (χ3v) is 1.95. The van der Waals surface area contributed by atoms with Gasteiger partial charge in [0.25, 0.3) is 5.85 Å². The largest absolute Gasteiger partial charge is 0.394 e. The van der Waals surface area contributed by atoms with Gasteiger partial charge in [-0.25, -0.2) is 4.39 Å². The van der Waals surface area contributed by atoms with Gasteiger partial charge in [0, 0.05) is 0 Å². The fourth-order valence-corrected chi connectivity index (χ4v) is 1.08. The molecule has 6 nitrogen and oxygen atoms in total. The fourth-order valence-electron chi connectivity index (χ4n) is 1.08. The maximum Gasteiger partial charge on any atom is 0.286 e. The first-order chi connectivity index (χ1) is 5.91. The van der Waals surface area contributed by atoms with Crippen molar-refractivity contribution in [2.75, 3.05) is 6.61 Å². The third kappa shape index (κ3) is 1.66. The summed E-state index contributed by atoms with van der Waals surface area (Å²) in [4.78, 5) is 0. The molecule has 1 heterocycles. The summed E-state index contributed by atoms with van der Waals surface area (Å²) in [5, 5.41) is 44.1. The van der Waals surface area contributed by atoms with Crippen LogP contribution in [0.25, 0.3) is 0 Å². The lowest BCUT2D eigenvalue weighted by Gasteiger charge is -2.40. The highest BCUT2D eigenvalue weighted by molar-refractivity contribution is 4.93. The summed E-state index contributed by atoms with van der Waals surface area (Å²) in [5.74, 6) is -3.43. The Morgan fingerprint density at radius 3 is 2.31 bits per heavy atom. The summed E-state index contributed by atoms with van der Waals surface area (Å²) >= 11 is 0. The van der Waals surface area contributed by atoms with Crippen LogP contribution in [-0.4, -0.2) is 62.6 Å². The lowest BCUT2D eigenvalue weighted by Crippen LogP contribution is -2.64. The van der Waals surface area contributed by atoms with Gasteiger partial charge in [-0.3, -0.25) is 0 Å². The normalized spacial score (nSPS) is 52.2. The second-order valence-corrected chi connectivity index (χ2v) is 2.87. The SMILES string of the molecule is OC[C@H]1OC(O)[C@](O)(F)[C@@H](O)[C@@H]1O. The van der Waals surface area contributed by atoms with Crippen LogP contribution in [0.15, 0.2) is 0 Å². The first-order valence-corrected chi connectivity index (χ1v) is 3.63. The van der Waals surface area contributed by atoms with Crippen molar-refractivity contribution in [2.45, 2.75) is 30.5 Å². The van der Waals surface area contributed by atoms with E-state index in [4.69, 9.17) is 25.5 Å². The molecule has 5 N–H and O–H groups in total. The van der Waals surface area contributed by atoms with Crippen LogP contribution in [0.2, 0.25) is 0 Å². The maximum atomic E-state index is 12.9. The summed E-state index contributed by atoms with van der Waals surface area (Å²) < 4.78 is 17.2. The Kier molecular flexibility index (Phi) is 2.85. The van der Waals surface area contributed by atoms with Crippen molar-refractivity contribution in [3.8, 4) is 0 Å². The Morgan fingerprint density at radius 2 is 1.85 bits per heavy atom. The van der Waals surface area contributed by atoms with Crippen LogP contribution in [0.4, 0.5) is 4.39 Å². The second-order valence-electron chi connectivity index (χ2n) is 2.87. The fraction of sp³-hybridized carbons (Fsp3) is 1.00. The molecule has 0 bridgehead atoms. The first-order valence-electron chi connectivity index (χ1n) is 3.63. The van der Waals surface area contributed by atoms with Crippen LogP contribution in [0, 0.1) is 0 Å². The van der Waals surface area contributed by atoms with Gasteiger partial charge >= 0.3 is 0 Å². The number of aliphatic hydroxyl groups excluding tert-OH is 4. The van der Waals surface area contributed by atoms with Crippen molar-refractivity contribution in [1.82, 2.24) is 0 Å². The van der Waals surface area contributed by atoms with Gasteiger partial charge in [0.1, 0.15) is 18.3 Å². The molecule has 1 saturated heterocycles. The van der Waals surface area contributed by atoms with Gasteiger partial charge in [0.2, 0.25) is 6.29 Å². The molecule has 1 aliphatic heterocycles. The number of hydrogen-bond acceptors (Lipinski definition) is 6. The molecule has 1 rings (SSSR count). The highest BCUT2D eigenvalue weighted by atomic mass is 19.2. The van der Waals surface area contributed by atoms with Gasteiger partial charge < -0.3 is 30.3 Å². The Labute approximate surface area is 72.8 Å². The van der Waals surface area contributed by atoms with Crippen molar-refractivity contribution in [3.63, 3.8) is 0 Å². The smallest absolute Gasteiger partial charge is 0.286 e. The minimum Gasteiger partial charge on any atom is -0.394 e. The van der Waals surface area contributed by atoms with Gasteiger partial charge in [0.05, 0.1) is 6.61 Å². The molecular formula is C6H11FO6. The van der Waals surface area contributed by atoms with E-state index in [2.05, 4.69) is 4.74 Å². The Balaban J connectivity index is 2.79. The zero-order valence-electron chi connectivity index (χ0n) is 6.54. The van der Waals surface area contributed by atoms with Gasteiger partial charge in [-0.05, 0) is 0 Å². The Morgan fingerprint density at radius 1 is 1.31 bits per heavy atom. The van der Waals surface area contributed by atoms with Crippen molar-refractivity contribution in [1.29, 1.82) is 0 Å². The third-order valence-electron chi connectivity index (χ3n) is 1.95. The maximum absolute atomic E-state index is 12.9. The molecule has 1 aliphatic rings. The van der Waals surface area contributed by atoms with E-state index in [1.54, 1.807) is 0 Å². The van der Waals surface area contributed by atoms with Crippen molar-refractivity contribution >= 4 is 0 Å². The number of rotatable bonds is 1. The molecule has 0 aromatic heterocycles. The Bertz CT molecular complexity index is 186. The van der Waals surface area contributed by atoms with Crippen molar-refractivity contribution in [3.05, 3.63) is 0 Å². The molecule has 1 unspecified atom stereocenters. The van der Waals surface area contributed by atoms with Crippen LogP contribution < -0.4 is 0 Å². The van der Waals surface area contributed by atoms with E-state index in [0.29, 0.717) is 0 Å². The lowest BCUT2D eigenvalue weighted by molar-refractivity contribution is -0.370. The summed E-state index contributed by atoms with van der Waals surface area (Å²) in [5.41, 5.74) is 0. The van der Waals surface area contributed by atoms with Crippen LogP contribution in [0.3, 0.4) is 0 Å². The predicted octanol–water partition coefficient (Wildman–Crippen LogP) is -2.92. The molecule has 13 heavy (non-hydrogen) atoms. The molecule has 1 fully saturated rings. The van der Waals surface area contributed by atoms with E-state index in [9.17, 15) is 4.39 Å². The van der Waals surface area contributed by atoms with E-state index in [1.807, 2.05) is 0 Å². The molecule has 5 atom stereocenters. The van der Waals surface area contributed by atoms with Crippen LogP contribution >= 0.6 is 0 Å². The quantitative estimate of drug-likeness (QED) is 0.308. The number of ether oxygens (including phenoxy) is 1. The number of aliphatic hydroxyl groups is 5. The Hall–Kier alpha value is -0.310. The molecular weight excluding hydrogens is 187 g/mol. The minimum absolute atomic E-state index is 0.703. The van der Waals surface area contributed by atoms with Crippen molar-refractivity contribution < 1.29 is 34.7 Å². The average molecular weight is 198 g/mol. The lowest BCUT2D eigenvalue weighted by atomic mass is 9.97. The van der Waals surface area contributed by atoms with Gasteiger partial charge in [-0.2, -0.15) is 0 Å². The average Bonchev–Trinajstić information content (AvgIpc) is 2.09.